The van der Waals surface area contributed by atoms with Gasteiger partial charge in [-0.15, -0.1) is 0 Å². The number of aliphatic hydroxyl groups is 1. The molecule has 0 spiro atoms. The van der Waals surface area contributed by atoms with Crippen molar-refractivity contribution in [2.45, 2.75) is 48.9 Å². The molecule has 3 atom stereocenters. The molecule has 6 rings (SSSR count). The normalized spacial score (nSPS) is 24.6. The van der Waals surface area contributed by atoms with Crippen molar-refractivity contribution in [3.8, 4) is 17.0 Å². The summed E-state index contributed by atoms with van der Waals surface area (Å²) in [6.45, 7) is -1.15. The first-order valence-electron chi connectivity index (χ1n) is 12.7. The summed E-state index contributed by atoms with van der Waals surface area (Å²) in [4.78, 5) is 17.4. The summed E-state index contributed by atoms with van der Waals surface area (Å²) < 4.78 is 95.5. The van der Waals surface area contributed by atoms with Crippen LogP contribution < -0.4 is 21.1 Å². The molecular weight excluding hydrogens is 570 g/mol. The highest BCUT2D eigenvalue weighted by Gasteiger charge is 2.69. The van der Waals surface area contributed by atoms with Crippen molar-refractivity contribution in [1.82, 2.24) is 24.5 Å². The van der Waals surface area contributed by atoms with E-state index in [0.29, 0.717) is 0 Å². The van der Waals surface area contributed by atoms with Crippen molar-refractivity contribution in [3.63, 3.8) is 0 Å². The van der Waals surface area contributed by atoms with Gasteiger partial charge in [0, 0.05) is 24.5 Å². The Labute approximate surface area is 234 Å². The van der Waals surface area contributed by atoms with Gasteiger partial charge in [-0.2, -0.15) is 0 Å². The van der Waals surface area contributed by atoms with Gasteiger partial charge in [-0.05, 0) is 17.7 Å². The number of pyridine rings is 1. The van der Waals surface area contributed by atoms with Gasteiger partial charge in [0.25, 0.3) is 11.8 Å². The van der Waals surface area contributed by atoms with Gasteiger partial charge >= 0.3 is 0 Å². The number of aliphatic hydroxyl groups excluding tert-OH is 1. The second-order valence-electron chi connectivity index (χ2n) is 10.6. The molecule has 1 aliphatic carbocycles. The number of methoxy groups -OCH3 is 1. The smallest absolute Gasteiger partial charge is 0.277 e. The molecule has 10 nitrogen and oxygen atoms in total. The van der Waals surface area contributed by atoms with E-state index in [2.05, 4.69) is 19.9 Å². The maximum atomic E-state index is 15.1. The molecular formula is C26H24F6N8O2. The molecule has 16 heteroatoms. The topological polar surface area (TPSA) is 141 Å². The molecule has 5 N–H and O–H groups in total. The highest BCUT2D eigenvalue weighted by atomic mass is 19.3. The van der Waals surface area contributed by atoms with Gasteiger partial charge < -0.3 is 30.8 Å². The quantitative estimate of drug-likeness (QED) is 0.297. The van der Waals surface area contributed by atoms with Crippen molar-refractivity contribution in [3.05, 3.63) is 54.2 Å². The number of halogens is 6. The number of aromatic nitrogens is 5. The van der Waals surface area contributed by atoms with E-state index in [-0.39, 0.29) is 51.8 Å². The number of piperidine rings is 1. The molecule has 42 heavy (non-hydrogen) atoms. The Kier molecular flexibility index (Phi) is 6.27. The van der Waals surface area contributed by atoms with Crippen LogP contribution in [-0.2, 0) is 6.54 Å². The Morgan fingerprint density at radius 3 is 2.57 bits per heavy atom. The molecule has 3 aromatic heterocycles. The van der Waals surface area contributed by atoms with Crippen molar-refractivity contribution in [2.24, 2.45) is 5.73 Å². The third-order valence-electron chi connectivity index (χ3n) is 7.90. The monoisotopic (exact) mass is 594 g/mol. The molecule has 1 unspecified atom stereocenters. The second-order valence-corrected chi connectivity index (χ2v) is 10.6. The lowest BCUT2D eigenvalue weighted by atomic mass is 9.80. The fourth-order valence-corrected chi connectivity index (χ4v) is 5.97. The van der Waals surface area contributed by atoms with Crippen LogP contribution >= 0.6 is 0 Å². The number of nitrogen functional groups attached to an aromatic ring is 1. The number of hydrogen-bond donors (Lipinski definition) is 3. The van der Waals surface area contributed by atoms with Gasteiger partial charge in [0.15, 0.2) is 23.0 Å². The first kappa shape index (κ1) is 28.0. The first-order valence-corrected chi connectivity index (χ1v) is 12.7. The maximum Gasteiger partial charge on any atom is 0.277 e. The number of imidazole rings is 1. The average Bonchev–Trinajstić information content (AvgIpc) is 3.41. The van der Waals surface area contributed by atoms with Crippen LogP contribution in [0.5, 0.6) is 5.75 Å². The molecule has 0 radical (unpaired) electrons. The average molecular weight is 595 g/mol. The largest absolute Gasteiger partial charge is 0.494 e. The lowest BCUT2D eigenvalue weighted by Gasteiger charge is -2.49. The summed E-state index contributed by atoms with van der Waals surface area (Å²) >= 11 is 0. The molecule has 0 bridgehead atoms. The fraction of sp³-hybridized carbons (Fsp3) is 0.385. The first-order chi connectivity index (χ1) is 19.7. The van der Waals surface area contributed by atoms with Crippen molar-refractivity contribution < 1.29 is 36.2 Å². The number of ether oxygens (including phenoxy) is 1. The van der Waals surface area contributed by atoms with Crippen molar-refractivity contribution in [1.29, 1.82) is 0 Å². The van der Waals surface area contributed by atoms with Gasteiger partial charge in [-0.1, -0.05) is 0 Å². The zero-order chi connectivity index (χ0) is 30.2. The third-order valence-corrected chi connectivity index (χ3v) is 7.90. The van der Waals surface area contributed by atoms with Crippen LogP contribution in [0.25, 0.3) is 22.4 Å². The van der Waals surface area contributed by atoms with Gasteiger partial charge in [-0.25, -0.2) is 41.3 Å². The summed E-state index contributed by atoms with van der Waals surface area (Å²) in [5.41, 5.74) is 10.0. The van der Waals surface area contributed by atoms with Gasteiger partial charge in [-0.3, -0.25) is 4.98 Å². The number of fused-ring (bicyclic) bond motifs is 2. The minimum atomic E-state index is -3.73. The molecule has 4 heterocycles. The van der Waals surface area contributed by atoms with E-state index < -0.39 is 60.6 Å². The number of hydrogen-bond acceptors (Lipinski definition) is 9. The standard InChI is InChI=1S/C26H24F6N8O2/c1-42-18-4-14(27)13(3-15(18)28)16-2-12(7-39-11-38-20-21(33)36-10-37-22(20)39)17(6-35-16)40-9-24(29,30)8-25(34)19(40)5-26(31,32)23(25)41/h2-4,6,10-11,19,23,41H,5,7-9,34H2,1H3,(H2,33,36,37)/t19?,23-,25-/m1/s1. The fourth-order valence-electron chi connectivity index (χ4n) is 5.97. The highest BCUT2D eigenvalue weighted by molar-refractivity contribution is 5.81. The minimum Gasteiger partial charge on any atom is -0.494 e. The zero-order valence-electron chi connectivity index (χ0n) is 21.9. The summed E-state index contributed by atoms with van der Waals surface area (Å²) in [5.74, 6) is -9.31. The van der Waals surface area contributed by atoms with Crippen LogP contribution in [0.1, 0.15) is 18.4 Å². The molecule has 1 saturated carbocycles. The number of nitrogens with two attached hydrogens (primary N) is 2. The molecule has 2 aliphatic rings. The predicted octanol–water partition coefficient (Wildman–Crippen LogP) is 3.12. The van der Waals surface area contributed by atoms with Crippen LogP contribution in [0.15, 0.2) is 37.1 Å². The Balaban J connectivity index is 1.52. The van der Waals surface area contributed by atoms with Crippen molar-refractivity contribution in [2.75, 3.05) is 24.3 Å². The number of alkyl halides is 4. The minimum absolute atomic E-state index is 0.0267. The number of benzene rings is 1. The Bertz CT molecular complexity index is 1700. The molecule has 0 amide bonds. The second kappa shape index (κ2) is 9.42. The summed E-state index contributed by atoms with van der Waals surface area (Å²) in [7, 11) is 1.17. The van der Waals surface area contributed by atoms with E-state index in [4.69, 9.17) is 16.2 Å². The van der Waals surface area contributed by atoms with E-state index in [0.717, 1.165) is 23.2 Å². The summed E-state index contributed by atoms with van der Waals surface area (Å²) in [5, 5.41) is 10.3. The summed E-state index contributed by atoms with van der Waals surface area (Å²) in [6, 6.07) is 1.62. The van der Waals surface area contributed by atoms with Crippen molar-refractivity contribution >= 4 is 22.7 Å². The van der Waals surface area contributed by atoms with Crippen LogP contribution in [0, 0.1) is 11.6 Å². The van der Waals surface area contributed by atoms with Crippen LogP contribution in [-0.4, -0.2) is 72.8 Å². The van der Waals surface area contributed by atoms with E-state index >= 15 is 13.2 Å². The van der Waals surface area contributed by atoms with Crippen LogP contribution in [0.3, 0.4) is 0 Å². The Hall–Kier alpha value is -4.18. The third kappa shape index (κ3) is 4.36. The molecule has 4 aromatic rings. The Morgan fingerprint density at radius 2 is 1.83 bits per heavy atom. The van der Waals surface area contributed by atoms with Gasteiger partial charge in [0.1, 0.15) is 23.8 Å². The highest BCUT2D eigenvalue weighted by Crippen LogP contribution is 2.52. The summed E-state index contributed by atoms with van der Waals surface area (Å²) in [6.07, 6.45) is -0.999. The molecule has 2 fully saturated rings. The van der Waals surface area contributed by atoms with Crippen LogP contribution in [0.2, 0.25) is 0 Å². The predicted molar refractivity (Wildman–Crippen MR) is 138 cm³/mol. The number of anilines is 2. The Morgan fingerprint density at radius 1 is 1.07 bits per heavy atom. The maximum absolute atomic E-state index is 15.1. The number of rotatable bonds is 5. The van der Waals surface area contributed by atoms with E-state index in [9.17, 15) is 18.3 Å². The molecule has 1 aromatic carbocycles. The molecule has 1 aliphatic heterocycles. The molecule has 222 valence electrons. The lowest BCUT2D eigenvalue weighted by molar-refractivity contribution is -0.121. The van der Waals surface area contributed by atoms with E-state index in [1.54, 1.807) is 0 Å². The molecule has 1 saturated heterocycles. The van der Waals surface area contributed by atoms with Gasteiger partial charge in [0.2, 0.25) is 0 Å². The van der Waals surface area contributed by atoms with E-state index in [1.807, 2.05) is 0 Å². The number of nitrogens with zero attached hydrogens (tertiary/aromatic N) is 6. The lowest BCUT2D eigenvalue weighted by Crippen LogP contribution is -2.69. The van der Waals surface area contributed by atoms with E-state index in [1.165, 1.54) is 30.4 Å². The zero-order valence-corrected chi connectivity index (χ0v) is 21.9. The SMILES string of the molecule is COc1cc(F)c(-c2cc(Cn3cnc4c(N)ncnc43)c(N3CC(F)(F)C[C@@]4(N)C3CC(F)(F)[C@@H]4O)cn2)cc1F. The van der Waals surface area contributed by atoms with Gasteiger partial charge in [0.05, 0.1) is 55.7 Å². The van der Waals surface area contributed by atoms with Crippen LogP contribution in [0.4, 0.5) is 37.8 Å².